The predicted molar refractivity (Wildman–Crippen MR) is 402 cm³/mol. The van der Waals surface area contributed by atoms with Crippen LogP contribution in [0, 0.1) is 36.5 Å². The number of methoxy groups -OCH3 is 1. The molecule has 6 aliphatic rings. The summed E-state index contributed by atoms with van der Waals surface area (Å²) in [4.78, 5) is 156. The Bertz CT molecular complexity index is 4370. The van der Waals surface area contributed by atoms with Gasteiger partial charge in [0.25, 0.3) is 23.5 Å². The molecule has 0 spiro atoms. The number of ether oxygens (including phenoxy) is 5. The molecule has 9 rings (SSSR count). The molecule has 5 heterocycles. The molecule has 1 unspecified atom stereocenters. The van der Waals surface area contributed by atoms with E-state index in [0.717, 1.165) is 11.3 Å². The number of carbonyl (C=O) groups excluding carboxylic acids is 10. The lowest BCUT2D eigenvalue weighted by atomic mass is 9.82. The van der Waals surface area contributed by atoms with Crippen molar-refractivity contribution >= 4 is 98.3 Å². The standard InChI is InChI=1S/C78H99N11O19/c1-42(2)63(84-57(92)20-13-12-14-30-89-58(93)25-26-59(89)94)75(100)83-53(19-16-28-80-76(79)101)74(99)82-51-23-21-50(22-24-51)41-104-77(102)81-29-31-87-32-34-88(35-33-87)52-39-54(91)64-56(40-52)107-71-65(85-64)60-61-67(95)48(8)70-62(60)72(97)78(10,108-70)105-36-27-55(103-11)47(7)69(106-49(9)90)46(6)38-44(4)37-43(3)17-15-18-45(5)73(98)86-66(71)68(61)96/h15,17-18,21-27,36,39-40,42-44,46-47,53,55,63,69,91,95H,12-14,16,19-20,28-35,37-38,41H2,1-11H3,(H,81,102)(H,82,99)(H,83,100)(H,84,92)(H,86,98)(H3,79,80,101)/b17-15+,36-27+,45-18-/t43-,44+,46+,47+,53-,55-,63?,69-,78-/m0/s1. The summed E-state index contributed by atoms with van der Waals surface area (Å²) in [5.74, 6) is -8.13. The highest BCUT2D eigenvalue weighted by Gasteiger charge is 2.50. The van der Waals surface area contributed by atoms with Crippen LogP contribution in [0.2, 0.25) is 0 Å². The van der Waals surface area contributed by atoms with Gasteiger partial charge in [-0.3, -0.25) is 53.0 Å². The number of imide groups is 1. The van der Waals surface area contributed by atoms with Crippen LogP contribution >= 0.6 is 0 Å². The summed E-state index contributed by atoms with van der Waals surface area (Å²) in [6.07, 6.45) is 12.2. The Morgan fingerprint density at radius 3 is 2.23 bits per heavy atom. The van der Waals surface area contributed by atoms with Crippen LogP contribution in [0.25, 0.3) is 33.3 Å². The molecule has 0 saturated carbocycles. The summed E-state index contributed by atoms with van der Waals surface area (Å²) in [7, 11) is 1.51. The fourth-order valence-electron chi connectivity index (χ4n) is 14.1. The van der Waals surface area contributed by atoms with E-state index in [1.165, 1.54) is 52.4 Å². The largest absolute Gasteiger partial charge is 0.507 e. The molecular formula is C78H99N11O19. The molecule has 0 radical (unpaired) electrons. The van der Waals surface area contributed by atoms with Gasteiger partial charge in [-0.15, -0.1) is 0 Å². The van der Waals surface area contributed by atoms with Gasteiger partial charge >= 0.3 is 23.9 Å². The first-order valence-electron chi connectivity index (χ1n) is 36.6. The first kappa shape index (κ1) is 81.2. The highest BCUT2D eigenvalue weighted by atomic mass is 16.7. The maximum Gasteiger partial charge on any atom is 0.407 e. The van der Waals surface area contributed by atoms with E-state index in [-0.39, 0.29) is 154 Å². The molecule has 5 aliphatic heterocycles. The van der Waals surface area contributed by atoms with Crippen molar-refractivity contribution in [2.24, 2.45) is 35.3 Å². The molecule has 3 aromatic carbocycles. The molecule has 9 amide bonds. The van der Waals surface area contributed by atoms with Crippen molar-refractivity contribution in [3.05, 3.63) is 112 Å². The molecule has 30 nitrogen and oxygen atoms in total. The number of Topliss-reactive ketones (excluding diaryl/α,β-unsaturated/α-hetero) is 1. The second kappa shape index (κ2) is 36.1. The number of amides is 9. The van der Waals surface area contributed by atoms with E-state index in [2.05, 4.69) is 50.6 Å². The number of aromatic nitrogens is 1. The average molecular weight is 1490 g/mol. The number of allylic oxidation sites excluding steroid dienone is 3. The smallest absolute Gasteiger partial charge is 0.407 e. The van der Waals surface area contributed by atoms with Gasteiger partial charge < -0.3 is 80.8 Å². The highest BCUT2D eigenvalue weighted by molar-refractivity contribution is 6.22. The Morgan fingerprint density at radius 2 is 1.56 bits per heavy atom. The van der Waals surface area contributed by atoms with Gasteiger partial charge in [0.15, 0.2) is 11.3 Å². The Balaban J connectivity index is 0.837. The average Bonchev–Trinajstić information content (AvgIpc) is 1.42. The third-order valence-electron chi connectivity index (χ3n) is 19.9. The molecule has 0 aromatic heterocycles. The summed E-state index contributed by atoms with van der Waals surface area (Å²) in [5, 5.41) is 39.7. The Morgan fingerprint density at radius 1 is 0.843 bits per heavy atom. The number of piperazine rings is 1. The fourth-order valence-corrected chi connectivity index (χ4v) is 14.1. The minimum atomic E-state index is -2.08. The van der Waals surface area contributed by atoms with Gasteiger partial charge in [0.05, 0.1) is 23.3 Å². The SMILES string of the molecule is CO[C@H]1/C=C/O[C@@]2(C)Oc3c(C)c(O)c4c(=O)c(c5oc6cc(N7CCN(CCNC(=O)OCc8ccc(NC(=O)[C@H](CCCNC(N)=O)NC(=O)C(NC(=O)CCCCCN9C(=O)C=CC9=O)C(C)C)cc8)CC7)cc(O)c6nc-5c4c3C2=O)NC(=O)/C(C)=C\C=C\[C@H](C)C[C@@H](C)C[C@@H](C)[C@H](OC(C)=O)[C@@H]1C. The lowest BCUT2D eigenvalue weighted by Crippen LogP contribution is -2.54. The van der Waals surface area contributed by atoms with E-state index in [1.807, 2.05) is 24.8 Å². The molecule has 1 aliphatic carbocycles. The number of nitrogens with two attached hydrogens (primary N) is 1. The monoisotopic (exact) mass is 1490 g/mol. The number of hydrogen-bond acceptors (Lipinski definition) is 22. The van der Waals surface area contributed by atoms with Crippen LogP contribution in [-0.4, -0.2) is 174 Å². The van der Waals surface area contributed by atoms with Gasteiger partial charge in [0, 0.05) is 138 Å². The Hall–Kier alpha value is -10.9. The number of anilines is 3. The number of phenolic OH excluding ortho intramolecular Hbond substituents is 2. The fraction of sp³-hybridized carbons (Fsp3) is 0.487. The molecule has 1 saturated heterocycles. The number of aromatic hydroxyl groups is 2. The van der Waals surface area contributed by atoms with Crippen molar-refractivity contribution < 1.29 is 86.3 Å². The van der Waals surface area contributed by atoms with E-state index in [1.54, 1.807) is 69.3 Å². The van der Waals surface area contributed by atoms with Crippen molar-refractivity contribution in [2.45, 2.75) is 157 Å². The number of urea groups is 1. The van der Waals surface area contributed by atoms with Crippen LogP contribution in [0.4, 0.5) is 26.7 Å². The maximum absolute atomic E-state index is 15.1. The predicted octanol–water partition coefficient (Wildman–Crippen LogP) is 8.26. The van der Waals surface area contributed by atoms with E-state index < -0.39 is 88.8 Å². The second-order valence-electron chi connectivity index (χ2n) is 28.8. The molecule has 580 valence electrons. The second-order valence-corrected chi connectivity index (χ2v) is 28.8. The number of carbonyl (C=O) groups is 10. The Kier molecular flexibility index (Phi) is 27.2. The zero-order valence-corrected chi connectivity index (χ0v) is 62.9. The first-order valence-corrected chi connectivity index (χ1v) is 36.6. The third kappa shape index (κ3) is 19.8. The zero-order chi connectivity index (χ0) is 78.4. The molecule has 108 heavy (non-hydrogen) atoms. The van der Waals surface area contributed by atoms with Gasteiger partial charge in [0.1, 0.15) is 58.9 Å². The minimum Gasteiger partial charge on any atom is -0.507 e. The number of alkyl carbamates (subject to hydrolysis) is 1. The normalized spacial score (nSPS) is 22.4. The van der Waals surface area contributed by atoms with Gasteiger partial charge in [-0.05, 0) is 99.8 Å². The lowest BCUT2D eigenvalue weighted by Gasteiger charge is -2.36. The van der Waals surface area contributed by atoms with Crippen molar-refractivity contribution in [2.75, 3.05) is 75.0 Å². The zero-order valence-electron chi connectivity index (χ0n) is 62.9. The number of fused-ring (bicyclic) bond motifs is 2. The summed E-state index contributed by atoms with van der Waals surface area (Å²) < 4.78 is 36.5. The van der Waals surface area contributed by atoms with Crippen LogP contribution < -0.4 is 52.7 Å². The third-order valence-corrected chi connectivity index (χ3v) is 19.9. The number of benzene rings is 4. The van der Waals surface area contributed by atoms with Crippen LogP contribution in [0.3, 0.4) is 0 Å². The molecule has 1 fully saturated rings. The van der Waals surface area contributed by atoms with Crippen LogP contribution in [0.5, 0.6) is 17.2 Å². The molecule has 3 aromatic rings. The van der Waals surface area contributed by atoms with Crippen LogP contribution in [-0.2, 0) is 59.1 Å². The number of ketones is 1. The number of primary amides is 1. The first-order chi connectivity index (χ1) is 51.4. The molecule has 9 atom stereocenters. The van der Waals surface area contributed by atoms with E-state index in [0.29, 0.717) is 75.3 Å². The summed E-state index contributed by atoms with van der Waals surface area (Å²) >= 11 is 0. The number of rotatable bonds is 24. The molecule has 4 bridgehead atoms. The van der Waals surface area contributed by atoms with Gasteiger partial charge in [0.2, 0.25) is 23.2 Å². The number of unbranched alkanes of at least 4 members (excludes halogenated alkanes) is 2. The highest BCUT2D eigenvalue weighted by Crippen LogP contribution is 2.51. The summed E-state index contributed by atoms with van der Waals surface area (Å²) in [6, 6.07) is 6.84. The Labute approximate surface area is 625 Å². The topological polar surface area (TPSA) is 408 Å². The van der Waals surface area contributed by atoms with Crippen molar-refractivity contribution in [1.82, 2.24) is 36.1 Å². The number of hydrogen-bond donors (Lipinski definition) is 9. The lowest BCUT2D eigenvalue weighted by molar-refractivity contribution is -0.155. The summed E-state index contributed by atoms with van der Waals surface area (Å²) in [5.41, 5.74) is 5.29. The van der Waals surface area contributed by atoms with Crippen LogP contribution in [0.15, 0.2) is 93.9 Å². The number of nitrogens with one attached hydrogen (secondary N) is 6. The minimum absolute atomic E-state index is 0.0130. The summed E-state index contributed by atoms with van der Waals surface area (Å²) in [6.45, 7) is 20.3. The van der Waals surface area contributed by atoms with Crippen molar-refractivity contribution in [3.63, 3.8) is 0 Å². The molecule has 30 heteroatoms. The number of nitrogens with zero attached hydrogens (tertiary/aromatic N) is 4. The van der Waals surface area contributed by atoms with Gasteiger partial charge in [-0.1, -0.05) is 78.3 Å². The molecular weight excluding hydrogens is 1390 g/mol. The van der Waals surface area contributed by atoms with Gasteiger partial charge in [-0.2, -0.15) is 0 Å². The van der Waals surface area contributed by atoms with E-state index in [4.69, 9.17) is 38.8 Å². The number of phenols is 2. The quantitative estimate of drug-likeness (QED) is 0.00922. The van der Waals surface area contributed by atoms with Crippen LogP contribution in [0.1, 0.15) is 135 Å². The van der Waals surface area contributed by atoms with Crippen molar-refractivity contribution in [3.8, 4) is 28.7 Å². The van der Waals surface area contributed by atoms with Gasteiger partial charge in [-0.25, -0.2) is 14.6 Å². The molecule has 10 N–H and O–H groups in total. The van der Waals surface area contributed by atoms with Crippen molar-refractivity contribution in [1.29, 1.82) is 0 Å². The maximum atomic E-state index is 15.1. The van der Waals surface area contributed by atoms with E-state index in [9.17, 15) is 53.4 Å². The van der Waals surface area contributed by atoms with E-state index >= 15 is 9.59 Å². The number of esters is 1.